The van der Waals surface area contributed by atoms with Crippen molar-refractivity contribution in [3.63, 3.8) is 0 Å². The number of rotatable bonds is 4. The van der Waals surface area contributed by atoms with Gasteiger partial charge in [0.15, 0.2) is 0 Å². The Bertz CT molecular complexity index is 486. The summed E-state index contributed by atoms with van der Waals surface area (Å²) in [6, 6.07) is 7.03. The number of benzene rings is 1. The predicted octanol–water partition coefficient (Wildman–Crippen LogP) is 0.823. The second-order valence-electron chi connectivity index (χ2n) is 4.38. The van der Waals surface area contributed by atoms with Gasteiger partial charge >= 0.3 is 0 Å². The van der Waals surface area contributed by atoms with Gasteiger partial charge in [0.25, 0.3) is 5.91 Å². The lowest BCUT2D eigenvalue weighted by molar-refractivity contribution is -0.127. The van der Waals surface area contributed by atoms with Crippen LogP contribution in [0.5, 0.6) is 0 Å². The van der Waals surface area contributed by atoms with E-state index >= 15 is 0 Å². The Kier molecular flexibility index (Phi) is 3.68. The van der Waals surface area contributed by atoms with Gasteiger partial charge in [-0.3, -0.25) is 9.59 Å². The number of amides is 2. The summed E-state index contributed by atoms with van der Waals surface area (Å²) in [4.78, 5) is 23.0. The van der Waals surface area contributed by atoms with E-state index in [0.717, 1.165) is 4.47 Å². The van der Waals surface area contributed by atoms with Crippen LogP contribution in [0, 0.1) is 0 Å². The van der Waals surface area contributed by atoms with Crippen molar-refractivity contribution in [3.8, 4) is 0 Å². The van der Waals surface area contributed by atoms with E-state index < -0.39 is 11.4 Å². The molecule has 3 N–H and O–H groups in total. The zero-order valence-corrected chi connectivity index (χ0v) is 11.2. The fraction of sp³-hybridized carbons (Fsp3) is 0.333. The van der Waals surface area contributed by atoms with Crippen LogP contribution in [0.15, 0.2) is 28.7 Å². The molecule has 0 aromatic heterocycles. The maximum atomic E-state index is 12.0. The molecule has 0 bridgehead atoms. The van der Waals surface area contributed by atoms with E-state index in [0.29, 0.717) is 18.8 Å². The Balaban J connectivity index is 2.08. The Morgan fingerprint density at radius 3 is 2.67 bits per heavy atom. The lowest BCUT2D eigenvalue weighted by Gasteiger charge is -2.41. The summed E-state index contributed by atoms with van der Waals surface area (Å²) in [5.74, 6) is -0.686. The SMILES string of the molecule is NC(=O)CC1(NC(=O)c2cccc(Br)c2)COC1. The van der Waals surface area contributed by atoms with Crippen LogP contribution >= 0.6 is 15.9 Å². The molecule has 0 unspecified atom stereocenters. The summed E-state index contributed by atoms with van der Waals surface area (Å²) in [6.45, 7) is 0.630. The van der Waals surface area contributed by atoms with E-state index in [-0.39, 0.29) is 12.3 Å². The molecule has 0 saturated carbocycles. The van der Waals surface area contributed by atoms with Crippen LogP contribution in [-0.4, -0.2) is 30.6 Å². The van der Waals surface area contributed by atoms with Gasteiger partial charge in [0.1, 0.15) is 0 Å². The molecule has 1 saturated heterocycles. The van der Waals surface area contributed by atoms with Crippen molar-refractivity contribution in [2.75, 3.05) is 13.2 Å². The van der Waals surface area contributed by atoms with Crippen molar-refractivity contribution in [1.29, 1.82) is 0 Å². The van der Waals surface area contributed by atoms with Gasteiger partial charge < -0.3 is 15.8 Å². The number of ether oxygens (including phenoxy) is 1. The number of nitrogens with one attached hydrogen (secondary N) is 1. The highest BCUT2D eigenvalue weighted by Gasteiger charge is 2.41. The highest BCUT2D eigenvalue weighted by atomic mass is 79.9. The minimum atomic E-state index is -0.648. The molecular weight excluding hydrogens is 300 g/mol. The van der Waals surface area contributed by atoms with Crippen molar-refractivity contribution in [3.05, 3.63) is 34.3 Å². The first kappa shape index (κ1) is 13.0. The van der Waals surface area contributed by atoms with Gasteiger partial charge in [-0.1, -0.05) is 22.0 Å². The molecule has 2 amide bonds. The fourth-order valence-electron chi connectivity index (χ4n) is 1.84. The van der Waals surface area contributed by atoms with E-state index in [1.807, 2.05) is 6.07 Å². The summed E-state index contributed by atoms with van der Waals surface area (Å²) in [6.07, 6.45) is 0.0900. The standard InChI is InChI=1S/C12H13BrN2O3/c13-9-3-1-2-8(4-9)11(17)15-12(5-10(14)16)6-18-7-12/h1-4H,5-7H2,(H2,14,16)(H,15,17). The largest absolute Gasteiger partial charge is 0.376 e. The molecule has 1 heterocycles. The quantitative estimate of drug-likeness (QED) is 0.863. The maximum absolute atomic E-state index is 12.0. The molecule has 1 aliphatic rings. The summed E-state index contributed by atoms with van der Waals surface area (Å²) >= 11 is 3.30. The molecule has 18 heavy (non-hydrogen) atoms. The molecule has 1 aromatic carbocycles. The van der Waals surface area contributed by atoms with Crippen LogP contribution in [0.1, 0.15) is 16.8 Å². The minimum absolute atomic E-state index is 0.0900. The second-order valence-corrected chi connectivity index (χ2v) is 5.30. The van der Waals surface area contributed by atoms with Gasteiger partial charge in [0.2, 0.25) is 5.91 Å². The fourth-order valence-corrected chi connectivity index (χ4v) is 2.24. The highest BCUT2D eigenvalue weighted by molar-refractivity contribution is 9.10. The third-order valence-corrected chi connectivity index (χ3v) is 3.23. The van der Waals surface area contributed by atoms with Crippen LogP contribution in [0.4, 0.5) is 0 Å². The van der Waals surface area contributed by atoms with Gasteiger partial charge in [0, 0.05) is 10.0 Å². The van der Waals surface area contributed by atoms with Crippen LogP contribution in [0.2, 0.25) is 0 Å². The number of hydrogen-bond donors (Lipinski definition) is 2. The zero-order valence-electron chi connectivity index (χ0n) is 9.61. The van der Waals surface area contributed by atoms with E-state index in [1.54, 1.807) is 18.2 Å². The Labute approximate surface area is 113 Å². The van der Waals surface area contributed by atoms with E-state index in [1.165, 1.54) is 0 Å². The van der Waals surface area contributed by atoms with Gasteiger partial charge in [-0.2, -0.15) is 0 Å². The van der Waals surface area contributed by atoms with Crippen molar-refractivity contribution in [1.82, 2.24) is 5.32 Å². The molecule has 1 fully saturated rings. The van der Waals surface area contributed by atoms with Gasteiger partial charge in [-0.25, -0.2) is 0 Å². The molecule has 0 atom stereocenters. The number of hydrogen-bond acceptors (Lipinski definition) is 3. The molecule has 1 aromatic rings. The Hall–Kier alpha value is -1.40. The summed E-state index contributed by atoms with van der Waals surface area (Å²) < 4.78 is 5.89. The lowest BCUT2D eigenvalue weighted by Crippen LogP contribution is -2.63. The normalized spacial score (nSPS) is 16.7. The molecule has 1 aliphatic heterocycles. The summed E-state index contributed by atoms with van der Waals surface area (Å²) in [5, 5.41) is 2.82. The van der Waals surface area contributed by atoms with Crippen LogP contribution < -0.4 is 11.1 Å². The average molecular weight is 313 g/mol. The number of nitrogens with two attached hydrogens (primary N) is 1. The van der Waals surface area contributed by atoms with E-state index in [9.17, 15) is 9.59 Å². The van der Waals surface area contributed by atoms with Crippen LogP contribution in [-0.2, 0) is 9.53 Å². The van der Waals surface area contributed by atoms with Crippen molar-refractivity contribution >= 4 is 27.7 Å². The first-order valence-corrected chi connectivity index (χ1v) is 6.24. The predicted molar refractivity (Wildman–Crippen MR) is 69.0 cm³/mol. The van der Waals surface area contributed by atoms with Gasteiger partial charge in [-0.15, -0.1) is 0 Å². The monoisotopic (exact) mass is 312 g/mol. The molecule has 96 valence electrons. The topological polar surface area (TPSA) is 81.4 Å². The van der Waals surface area contributed by atoms with E-state index in [2.05, 4.69) is 21.2 Å². The zero-order chi connectivity index (χ0) is 13.2. The maximum Gasteiger partial charge on any atom is 0.251 e. The number of carbonyl (C=O) groups is 2. The molecule has 0 spiro atoms. The molecule has 5 nitrogen and oxygen atoms in total. The second kappa shape index (κ2) is 5.07. The Morgan fingerprint density at radius 2 is 2.17 bits per heavy atom. The minimum Gasteiger partial charge on any atom is -0.376 e. The summed E-state index contributed by atoms with van der Waals surface area (Å²) in [7, 11) is 0. The molecule has 0 aliphatic carbocycles. The van der Waals surface area contributed by atoms with Crippen molar-refractivity contribution in [2.45, 2.75) is 12.0 Å². The average Bonchev–Trinajstić information content (AvgIpc) is 2.25. The van der Waals surface area contributed by atoms with Crippen molar-refractivity contribution in [2.24, 2.45) is 5.73 Å². The van der Waals surface area contributed by atoms with Crippen molar-refractivity contribution < 1.29 is 14.3 Å². The molecule has 6 heteroatoms. The number of halogens is 1. The first-order chi connectivity index (χ1) is 8.51. The third-order valence-electron chi connectivity index (χ3n) is 2.73. The van der Waals surface area contributed by atoms with Crippen LogP contribution in [0.3, 0.4) is 0 Å². The first-order valence-electron chi connectivity index (χ1n) is 5.45. The lowest BCUT2D eigenvalue weighted by atomic mass is 9.92. The Morgan fingerprint density at radius 1 is 1.44 bits per heavy atom. The van der Waals surface area contributed by atoms with Gasteiger partial charge in [-0.05, 0) is 18.2 Å². The summed E-state index contributed by atoms with van der Waals surface area (Å²) in [5.41, 5.74) is 5.05. The highest BCUT2D eigenvalue weighted by Crippen LogP contribution is 2.22. The molecule has 0 radical (unpaired) electrons. The number of carbonyl (C=O) groups excluding carboxylic acids is 2. The third kappa shape index (κ3) is 2.88. The van der Waals surface area contributed by atoms with Crippen LogP contribution in [0.25, 0.3) is 0 Å². The molecular formula is C12H13BrN2O3. The van der Waals surface area contributed by atoms with E-state index in [4.69, 9.17) is 10.5 Å². The van der Waals surface area contributed by atoms with Gasteiger partial charge in [0.05, 0.1) is 25.2 Å². The number of primary amides is 1. The smallest absolute Gasteiger partial charge is 0.251 e. The molecule has 2 rings (SSSR count).